The van der Waals surface area contributed by atoms with Crippen LogP contribution in [0, 0.1) is 51.2 Å². The quantitative estimate of drug-likeness (QED) is 0.526. The van der Waals surface area contributed by atoms with Crippen molar-refractivity contribution in [1.29, 1.82) is 0 Å². The second kappa shape index (κ2) is 7.66. The van der Waals surface area contributed by atoms with Crippen LogP contribution in [0.1, 0.15) is 106 Å². The fourth-order valence-corrected chi connectivity index (χ4v) is 10.9. The molecule has 0 aliphatic heterocycles. The van der Waals surface area contributed by atoms with Crippen molar-refractivity contribution in [2.75, 3.05) is 6.54 Å². The molecule has 0 radical (unpaired) electrons. The monoisotopic (exact) mass is 455 g/mol. The summed E-state index contributed by atoms with van der Waals surface area (Å²) in [6, 6.07) is 0. The zero-order valence-corrected chi connectivity index (χ0v) is 22.2. The first kappa shape index (κ1) is 24.0. The highest BCUT2D eigenvalue weighted by Gasteiger charge is 2.68. The summed E-state index contributed by atoms with van der Waals surface area (Å²) in [6.07, 6.45) is 11.2. The Kier molecular flexibility index (Phi) is 5.58. The Morgan fingerprint density at radius 3 is 2.39 bits per heavy atom. The van der Waals surface area contributed by atoms with Gasteiger partial charge in [-0.05, 0) is 116 Å². The minimum Gasteiger partial charge on any atom is -0.393 e. The Balaban J connectivity index is 1.59. The molecule has 5 rings (SSSR count). The predicted molar refractivity (Wildman–Crippen MR) is 134 cm³/mol. The van der Waals surface area contributed by atoms with Crippen LogP contribution in [0.3, 0.4) is 0 Å². The van der Waals surface area contributed by atoms with Crippen molar-refractivity contribution in [3.63, 3.8) is 0 Å². The van der Waals surface area contributed by atoms with E-state index in [0.29, 0.717) is 46.8 Å². The summed E-state index contributed by atoms with van der Waals surface area (Å²) in [5.74, 6) is 3.07. The smallest absolute Gasteiger partial charge is 0.159 e. The minimum absolute atomic E-state index is 0.0450. The van der Waals surface area contributed by atoms with Crippen LogP contribution in [0.5, 0.6) is 0 Å². The van der Waals surface area contributed by atoms with Gasteiger partial charge in [0.05, 0.1) is 6.10 Å². The van der Waals surface area contributed by atoms with Crippen molar-refractivity contribution in [1.82, 2.24) is 0 Å². The highest BCUT2D eigenvalue weighted by atomic mass is 16.3. The lowest BCUT2D eigenvalue weighted by molar-refractivity contribution is -0.211. The summed E-state index contributed by atoms with van der Waals surface area (Å²) in [5, 5.41) is 10.7. The highest BCUT2D eigenvalue weighted by Crippen LogP contribution is 2.76. The Labute approximate surface area is 202 Å². The Morgan fingerprint density at radius 1 is 1.00 bits per heavy atom. The lowest BCUT2D eigenvalue weighted by Gasteiger charge is -2.71. The first-order valence-electron chi connectivity index (χ1n) is 14.1. The number of fused-ring (bicyclic) bond motifs is 7. The number of hydrogen-bond donors (Lipinski definition) is 2. The van der Waals surface area contributed by atoms with Gasteiger partial charge in [-0.3, -0.25) is 4.79 Å². The van der Waals surface area contributed by atoms with Crippen LogP contribution in [-0.2, 0) is 4.79 Å². The molecular weight excluding hydrogens is 406 g/mol. The van der Waals surface area contributed by atoms with Gasteiger partial charge in [0.15, 0.2) is 5.78 Å². The highest BCUT2D eigenvalue weighted by molar-refractivity contribution is 6.00. The number of ketones is 1. The molecule has 0 spiro atoms. The summed E-state index contributed by atoms with van der Waals surface area (Å²) >= 11 is 0. The lowest BCUT2D eigenvalue weighted by atomic mass is 9.34. The van der Waals surface area contributed by atoms with Gasteiger partial charge in [-0.2, -0.15) is 0 Å². The molecule has 0 unspecified atom stereocenters. The SMILES string of the molecule is CC(C)C1=C2[C@H]3CC[C@@H]4[C@@]5(C)CC[C@H](O)[C@H](C)[C@@H]5CC[C@@]4(C)[C@]3(C)CC[C@@]2(CCN)CC1=O. The van der Waals surface area contributed by atoms with Crippen LogP contribution in [0.4, 0.5) is 0 Å². The van der Waals surface area contributed by atoms with Gasteiger partial charge in [-0.25, -0.2) is 0 Å². The number of rotatable bonds is 3. The second-order valence-electron chi connectivity index (χ2n) is 14.0. The fourth-order valence-electron chi connectivity index (χ4n) is 10.9. The van der Waals surface area contributed by atoms with Gasteiger partial charge in [-0.15, -0.1) is 0 Å². The van der Waals surface area contributed by atoms with Gasteiger partial charge < -0.3 is 10.8 Å². The molecule has 5 aliphatic carbocycles. The molecule has 9 atom stereocenters. The normalized spacial score (nSPS) is 51.8. The van der Waals surface area contributed by atoms with Gasteiger partial charge >= 0.3 is 0 Å². The van der Waals surface area contributed by atoms with E-state index in [1.165, 1.54) is 44.1 Å². The van der Waals surface area contributed by atoms with Crippen LogP contribution in [0.15, 0.2) is 11.1 Å². The third-order valence-electron chi connectivity index (χ3n) is 12.8. The molecule has 186 valence electrons. The maximum Gasteiger partial charge on any atom is 0.159 e. The van der Waals surface area contributed by atoms with Crippen LogP contribution < -0.4 is 5.73 Å². The fraction of sp³-hybridized carbons (Fsp3) is 0.900. The van der Waals surface area contributed by atoms with Crippen molar-refractivity contribution in [2.24, 2.45) is 57.0 Å². The van der Waals surface area contributed by atoms with Gasteiger partial charge in [0.1, 0.15) is 0 Å². The van der Waals surface area contributed by atoms with Gasteiger partial charge in [0.2, 0.25) is 0 Å². The zero-order chi connectivity index (χ0) is 24.0. The number of carbonyl (C=O) groups excluding carboxylic acids is 1. The molecule has 0 amide bonds. The topological polar surface area (TPSA) is 63.3 Å². The summed E-state index contributed by atoms with van der Waals surface area (Å²) in [4.78, 5) is 13.4. The lowest BCUT2D eigenvalue weighted by Crippen LogP contribution is -2.64. The standard InChI is InChI=1S/C30H49NO2/c1-18(2)25-23(33)17-30(15-16-31)14-13-28(5)21(26(25)30)7-8-24-27(4)11-10-22(32)19(3)20(27)9-12-29(24,28)6/h18-22,24,32H,7-17,31H2,1-6H3/t19-,20+,21-,22+,24-,27+,28-,29-,30-/m1/s1. The molecule has 0 bridgehead atoms. The first-order chi connectivity index (χ1) is 15.4. The molecule has 0 aromatic rings. The van der Waals surface area contributed by atoms with Crippen molar-refractivity contribution >= 4 is 5.78 Å². The molecule has 3 nitrogen and oxygen atoms in total. The maximum atomic E-state index is 13.4. The molecular formula is C30H49NO2. The van der Waals surface area contributed by atoms with E-state index in [9.17, 15) is 9.90 Å². The summed E-state index contributed by atoms with van der Waals surface area (Å²) < 4.78 is 0. The van der Waals surface area contributed by atoms with Gasteiger partial charge in [0.25, 0.3) is 0 Å². The average Bonchev–Trinajstić information content (AvgIpc) is 3.04. The number of nitrogens with two attached hydrogens (primary N) is 1. The van der Waals surface area contributed by atoms with Crippen LogP contribution in [0.2, 0.25) is 0 Å². The van der Waals surface area contributed by atoms with Crippen LogP contribution in [-0.4, -0.2) is 23.5 Å². The number of Topliss-reactive ketones (excluding diaryl/α,β-unsaturated/α-hetero) is 1. The Hall–Kier alpha value is -0.670. The molecule has 0 saturated heterocycles. The molecule has 5 aliphatic rings. The van der Waals surface area contributed by atoms with E-state index in [2.05, 4.69) is 41.5 Å². The molecule has 3 heteroatoms. The molecule has 0 heterocycles. The summed E-state index contributed by atoms with van der Waals surface area (Å²) in [5.41, 5.74) is 9.87. The number of hydrogen-bond acceptors (Lipinski definition) is 3. The number of carbonyl (C=O) groups is 1. The molecule has 33 heavy (non-hydrogen) atoms. The molecule has 4 fully saturated rings. The summed E-state index contributed by atoms with van der Waals surface area (Å²) in [7, 11) is 0. The Bertz CT molecular complexity index is 861. The Morgan fingerprint density at radius 2 is 1.73 bits per heavy atom. The average molecular weight is 456 g/mol. The second-order valence-corrected chi connectivity index (χ2v) is 14.0. The van der Waals surface area contributed by atoms with Gasteiger partial charge in [-0.1, -0.05) is 47.1 Å². The number of aliphatic hydroxyl groups excluding tert-OH is 1. The summed E-state index contributed by atoms with van der Waals surface area (Å²) in [6.45, 7) is 15.3. The predicted octanol–water partition coefficient (Wildman–Crippen LogP) is 6.29. The number of aliphatic hydroxyl groups is 1. The van der Waals surface area contributed by atoms with E-state index in [1.807, 2.05) is 0 Å². The largest absolute Gasteiger partial charge is 0.393 e. The van der Waals surface area contributed by atoms with Crippen LogP contribution in [0.25, 0.3) is 0 Å². The molecule has 0 aromatic carbocycles. The zero-order valence-electron chi connectivity index (χ0n) is 22.2. The van der Waals surface area contributed by atoms with E-state index in [-0.39, 0.29) is 16.9 Å². The van der Waals surface area contributed by atoms with E-state index in [4.69, 9.17) is 5.73 Å². The molecule has 0 aromatic heterocycles. The van der Waals surface area contributed by atoms with E-state index < -0.39 is 0 Å². The first-order valence-corrected chi connectivity index (χ1v) is 14.1. The third kappa shape index (κ3) is 2.97. The van der Waals surface area contributed by atoms with E-state index >= 15 is 0 Å². The van der Waals surface area contributed by atoms with E-state index in [1.54, 1.807) is 5.57 Å². The van der Waals surface area contributed by atoms with Crippen LogP contribution >= 0.6 is 0 Å². The van der Waals surface area contributed by atoms with Crippen molar-refractivity contribution in [3.8, 4) is 0 Å². The van der Waals surface area contributed by atoms with Gasteiger partial charge in [0, 0.05) is 11.8 Å². The molecule has 3 N–H and O–H groups in total. The minimum atomic E-state index is -0.117. The number of allylic oxidation sites excluding steroid dienone is 2. The van der Waals surface area contributed by atoms with E-state index in [0.717, 1.165) is 31.6 Å². The van der Waals surface area contributed by atoms with Crippen molar-refractivity contribution < 1.29 is 9.90 Å². The van der Waals surface area contributed by atoms with Crippen molar-refractivity contribution in [2.45, 2.75) is 112 Å². The third-order valence-corrected chi connectivity index (χ3v) is 12.8. The molecule has 4 saturated carbocycles. The maximum absolute atomic E-state index is 13.4. The van der Waals surface area contributed by atoms with Crippen molar-refractivity contribution in [3.05, 3.63) is 11.1 Å².